The molecule has 0 radical (unpaired) electrons. The average molecular weight is 424 g/mol. The Labute approximate surface area is 175 Å². The Kier molecular flexibility index (Phi) is 4.90. The van der Waals surface area contributed by atoms with Crippen molar-refractivity contribution in [1.82, 2.24) is 9.55 Å². The number of nitrogens with zero attached hydrogens (tertiary/aromatic N) is 5. The number of rotatable bonds is 4. The van der Waals surface area contributed by atoms with E-state index in [1.54, 1.807) is 13.1 Å². The van der Waals surface area contributed by atoms with Gasteiger partial charge in [0.2, 0.25) is 0 Å². The van der Waals surface area contributed by atoms with Crippen molar-refractivity contribution in [3.05, 3.63) is 57.5 Å². The van der Waals surface area contributed by atoms with Crippen LogP contribution < -0.4 is 15.4 Å². The summed E-state index contributed by atoms with van der Waals surface area (Å²) in [5, 5.41) is 12.6. The first-order valence-corrected chi connectivity index (χ1v) is 10.6. The summed E-state index contributed by atoms with van der Waals surface area (Å²) in [6.45, 7) is 0. The molecule has 0 fully saturated rings. The van der Waals surface area contributed by atoms with E-state index in [4.69, 9.17) is 0 Å². The van der Waals surface area contributed by atoms with Gasteiger partial charge in [-0.1, -0.05) is 23.9 Å². The van der Waals surface area contributed by atoms with Gasteiger partial charge in [0.1, 0.15) is 22.3 Å². The zero-order valence-corrected chi connectivity index (χ0v) is 17.7. The van der Waals surface area contributed by atoms with Crippen molar-refractivity contribution in [3.8, 4) is 6.07 Å². The molecule has 29 heavy (non-hydrogen) atoms. The molecule has 9 heteroatoms. The number of benzene rings is 1. The molecular formula is C20H17N5O2S2. The Bertz CT molecular complexity index is 1240. The van der Waals surface area contributed by atoms with Crippen LogP contribution in [0.4, 0.5) is 11.4 Å². The third kappa shape index (κ3) is 3.10. The van der Waals surface area contributed by atoms with Crippen LogP contribution in [0.2, 0.25) is 0 Å². The summed E-state index contributed by atoms with van der Waals surface area (Å²) in [4.78, 5) is 34.2. The molecular weight excluding hydrogens is 406 g/mol. The lowest BCUT2D eigenvalue weighted by Gasteiger charge is -2.19. The maximum absolute atomic E-state index is 12.9. The first-order valence-electron chi connectivity index (χ1n) is 8.75. The van der Waals surface area contributed by atoms with Gasteiger partial charge in [0, 0.05) is 21.1 Å². The van der Waals surface area contributed by atoms with E-state index in [0.29, 0.717) is 21.2 Å². The number of hydrogen-bond acceptors (Lipinski definition) is 8. The highest BCUT2D eigenvalue weighted by atomic mass is 32.2. The minimum absolute atomic E-state index is 0.0155. The van der Waals surface area contributed by atoms with Gasteiger partial charge in [-0.05, 0) is 23.6 Å². The van der Waals surface area contributed by atoms with Crippen LogP contribution in [0.25, 0.3) is 10.2 Å². The molecule has 2 aromatic heterocycles. The van der Waals surface area contributed by atoms with Gasteiger partial charge in [-0.15, -0.1) is 11.3 Å². The summed E-state index contributed by atoms with van der Waals surface area (Å²) in [6.07, 6.45) is 0. The second-order valence-electron chi connectivity index (χ2n) is 6.53. The zero-order valence-electron chi connectivity index (χ0n) is 16.0. The first kappa shape index (κ1) is 19.2. The van der Waals surface area contributed by atoms with Gasteiger partial charge < -0.3 is 9.80 Å². The number of carbonyl (C=O) groups is 1. The van der Waals surface area contributed by atoms with Gasteiger partial charge >= 0.3 is 0 Å². The molecule has 0 spiro atoms. The fourth-order valence-electron chi connectivity index (χ4n) is 3.37. The molecule has 0 N–H and O–H groups in total. The molecule has 0 bridgehead atoms. The predicted octanol–water partition coefficient (Wildman–Crippen LogP) is 2.98. The molecule has 7 nitrogen and oxygen atoms in total. The average Bonchev–Trinajstić information content (AvgIpc) is 3.29. The summed E-state index contributed by atoms with van der Waals surface area (Å²) in [6, 6.07) is 11.6. The molecule has 0 aliphatic carbocycles. The summed E-state index contributed by atoms with van der Waals surface area (Å²) in [5.74, 6) is 0.260. The topological polar surface area (TPSA) is 82.2 Å². The minimum atomic E-state index is -0.306. The minimum Gasteiger partial charge on any atom is -0.328 e. The molecule has 0 saturated carbocycles. The zero-order chi connectivity index (χ0) is 20.7. The maximum atomic E-state index is 12.9. The molecule has 0 amide bonds. The fraction of sp³-hybridized carbons (Fsp3) is 0.200. The van der Waals surface area contributed by atoms with E-state index in [9.17, 15) is 14.9 Å². The van der Waals surface area contributed by atoms with E-state index in [0.717, 1.165) is 23.1 Å². The number of ketones is 1. The fourth-order valence-corrected chi connectivity index (χ4v) is 5.02. The molecule has 146 valence electrons. The predicted molar refractivity (Wildman–Crippen MR) is 116 cm³/mol. The van der Waals surface area contributed by atoms with Crippen molar-refractivity contribution in [1.29, 1.82) is 5.26 Å². The quantitative estimate of drug-likeness (QED) is 0.276. The molecule has 1 aliphatic heterocycles. The molecule has 0 unspecified atom stereocenters. The Hall–Kier alpha value is -3.09. The van der Waals surface area contributed by atoms with Gasteiger partial charge in [-0.2, -0.15) is 5.26 Å². The first-order chi connectivity index (χ1) is 13.9. The number of para-hydroxylation sites is 2. The molecule has 4 rings (SSSR count). The normalized spacial score (nSPS) is 13.0. The Morgan fingerprint density at radius 1 is 1.17 bits per heavy atom. The van der Waals surface area contributed by atoms with Crippen molar-refractivity contribution < 1.29 is 4.79 Å². The van der Waals surface area contributed by atoms with E-state index < -0.39 is 0 Å². The van der Waals surface area contributed by atoms with Crippen molar-refractivity contribution >= 4 is 50.5 Å². The van der Waals surface area contributed by atoms with Gasteiger partial charge in [-0.25, -0.2) is 4.98 Å². The molecule has 1 aromatic carbocycles. The van der Waals surface area contributed by atoms with Gasteiger partial charge in [0.05, 0.1) is 22.5 Å². The monoisotopic (exact) mass is 423 g/mol. The maximum Gasteiger partial charge on any atom is 0.262 e. The van der Waals surface area contributed by atoms with Gasteiger partial charge in [0.25, 0.3) is 5.56 Å². The second kappa shape index (κ2) is 7.39. The van der Waals surface area contributed by atoms with Crippen molar-refractivity contribution in [2.75, 3.05) is 29.6 Å². The van der Waals surface area contributed by atoms with E-state index in [2.05, 4.69) is 11.1 Å². The molecule has 3 heterocycles. The highest BCUT2D eigenvalue weighted by molar-refractivity contribution is 7.99. The van der Waals surface area contributed by atoms with Crippen LogP contribution in [0.3, 0.4) is 0 Å². The smallest absolute Gasteiger partial charge is 0.262 e. The largest absolute Gasteiger partial charge is 0.328 e. The number of allylic oxidation sites excluding steroid dienone is 1. The van der Waals surface area contributed by atoms with Crippen LogP contribution in [0, 0.1) is 11.3 Å². The number of nitriles is 1. The third-order valence-corrected chi connectivity index (χ3v) is 6.69. The van der Waals surface area contributed by atoms with Crippen LogP contribution in [-0.4, -0.2) is 35.2 Å². The standard InChI is InChI=1S/C20H17N5O2S2/c1-23-14-6-4-5-7-15(14)24(2)18(23)13(10-21)16(26)11-29-20-22-17-12(8-9-28-17)19(27)25(20)3/h4-9H,11H2,1-3H3. The third-order valence-electron chi connectivity index (χ3n) is 4.85. The molecule has 0 saturated heterocycles. The Morgan fingerprint density at radius 3 is 2.45 bits per heavy atom. The number of Topliss-reactive ketones (excluding diaryl/α,β-unsaturated/α-hetero) is 1. The SMILES string of the molecule is CN1C(=C(C#N)C(=O)CSc2nc3sccc3c(=O)n2C)N(C)c2ccccc21. The summed E-state index contributed by atoms with van der Waals surface area (Å²) >= 11 is 2.55. The highest BCUT2D eigenvalue weighted by Gasteiger charge is 2.31. The van der Waals surface area contributed by atoms with Crippen LogP contribution >= 0.6 is 23.1 Å². The van der Waals surface area contributed by atoms with E-state index >= 15 is 0 Å². The van der Waals surface area contributed by atoms with Crippen LogP contribution in [0.15, 0.2) is 57.1 Å². The lowest BCUT2D eigenvalue weighted by molar-refractivity contribution is -0.112. The number of hydrogen-bond donors (Lipinski definition) is 0. The Morgan fingerprint density at radius 2 is 1.83 bits per heavy atom. The lowest BCUT2D eigenvalue weighted by atomic mass is 10.2. The summed E-state index contributed by atoms with van der Waals surface area (Å²) in [5.41, 5.74) is 1.81. The number of aromatic nitrogens is 2. The van der Waals surface area contributed by atoms with Crippen molar-refractivity contribution in [2.45, 2.75) is 5.16 Å². The highest BCUT2D eigenvalue weighted by Crippen LogP contribution is 2.40. The second-order valence-corrected chi connectivity index (χ2v) is 8.36. The van der Waals surface area contributed by atoms with Crippen molar-refractivity contribution in [3.63, 3.8) is 0 Å². The number of anilines is 2. The summed E-state index contributed by atoms with van der Waals surface area (Å²) in [7, 11) is 5.31. The number of fused-ring (bicyclic) bond motifs is 2. The van der Waals surface area contributed by atoms with E-state index in [1.165, 1.54) is 15.9 Å². The molecule has 1 aliphatic rings. The van der Waals surface area contributed by atoms with E-state index in [-0.39, 0.29) is 22.7 Å². The van der Waals surface area contributed by atoms with Crippen LogP contribution in [-0.2, 0) is 11.8 Å². The van der Waals surface area contributed by atoms with E-state index in [1.807, 2.05) is 53.5 Å². The number of thiophene rings is 1. The van der Waals surface area contributed by atoms with Crippen molar-refractivity contribution in [2.24, 2.45) is 7.05 Å². The van der Waals surface area contributed by atoms with Crippen LogP contribution in [0.1, 0.15) is 0 Å². The number of carbonyl (C=O) groups excluding carboxylic acids is 1. The summed E-state index contributed by atoms with van der Waals surface area (Å²) < 4.78 is 1.44. The lowest BCUT2D eigenvalue weighted by Crippen LogP contribution is -2.27. The van der Waals surface area contributed by atoms with Gasteiger partial charge in [-0.3, -0.25) is 14.2 Å². The Balaban J connectivity index is 1.63. The number of thioether (sulfide) groups is 1. The molecule has 3 aromatic rings. The molecule has 0 atom stereocenters. The van der Waals surface area contributed by atoms with Gasteiger partial charge in [0.15, 0.2) is 10.9 Å². The van der Waals surface area contributed by atoms with Crippen LogP contribution in [0.5, 0.6) is 0 Å².